The van der Waals surface area contributed by atoms with E-state index >= 15 is 0 Å². The van der Waals surface area contributed by atoms with Crippen LogP contribution >= 0.6 is 11.5 Å². The number of benzene rings is 1. The molecular formula is C17H23N3OS. The molecular weight excluding hydrogens is 294 g/mol. The number of methoxy groups -OCH3 is 1. The van der Waals surface area contributed by atoms with E-state index in [1.165, 1.54) is 10.4 Å². The molecule has 1 atom stereocenters. The predicted molar refractivity (Wildman–Crippen MR) is 90.8 cm³/mol. The lowest BCUT2D eigenvalue weighted by Crippen LogP contribution is -2.46. The lowest BCUT2D eigenvalue weighted by molar-refractivity contribution is 0.127. The highest BCUT2D eigenvalue weighted by Crippen LogP contribution is 2.37. The maximum absolute atomic E-state index is 5.61. The molecule has 2 heterocycles. The van der Waals surface area contributed by atoms with Gasteiger partial charge in [0.2, 0.25) is 0 Å². The van der Waals surface area contributed by atoms with E-state index in [2.05, 4.69) is 46.3 Å². The molecule has 1 aliphatic rings. The number of likely N-dealkylation sites (N-methyl/N-ethyl adjacent to an activating group) is 1. The van der Waals surface area contributed by atoms with Crippen LogP contribution in [0.25, 0.3) is 0 Å². The van der Waals surface area contributed by atoms with Gasteiger partial charge in [0.25, 0.3) is 0 Å². The Labute approximate surface area is 136 Å². The van der Waals surface area contributed by atoms with Gasteiger partial charge in [-0.2, -0.15) is 4.37 Å². The molecule has 4 nitrogen and oxygen atoms in total. The molecule has 118 valence electrons. The van der Waals surface area contributed by atoms with Gasteiger partial charge in [-0.1, -0.05) is 18.2 Å². The SMILES string of the molecule is COc1ccccc1C(c1cc(C)ns1)N1CCN(C)CC1. The van der Waals surface area contributed by atoms with Crippen LogP contribution in [-0.4, -0.2) is 54.5 Å². The van der Waals surface area contributed by atoms with Crippen LogP contribution in [0.2, 0.25) is 0 Å². The van der Waals surface area contributed by atoms with Crippen LogP contribution in [0.15, 0.2) is 30.3 Å². The van der Waals surface area contributed by atoms with Crippen molar-refractivity contribution >= 4 is 11.5 Å². The van der Waals surface area contributed by atoms with Crippen molar-refractivity contribution < 1.29 is 4.74 Å². The van der Waals surface area contributed by atoms with Crippen LogP contribution in [0.4, 0.5) is 0 Å². The number of piperazine rings is 1. The van der Waals surface area contributed by atoms with Crippen LogP contribution in [0.3, 0.4) is 0 Å². The standard InChI is InChI=1S/C17H23N3OS/c1-13-12-16(22-18-13)17(20-10-8-19(2)9-11-20)14-6-4-5-7-15(14)21-3/h4-7,12,17H,8-11H2,1-3H3. The van der Waals surface area contributed by atoms with Crippen LogP contribution in [-0.2, 0) is 0 Å². The van der Waals surface area contributed by atoms with Gasteiger partial charge in [-0.25, -0.2) is 0 Å². The van der Waals surface area contributed by atoms with Crippen molar-refractivity contribution in [3.8, 4) is 5.75 Å². The number of hydrogen-bond acceptors (Lipinski definition) is 5. The summed E-state index contributed by atoms with van der Waals surface area (Å²) in [6, 6.07) is 10.8. The Balaban J connectivity index is 1.99. The molecule has 5 heteroatoms. The highest BCUT2D eigenvalue weighted by molar-refractivity contribution is 7.05. The zero-order valence-corrected chi connectivity index (χ0v) is 14.3. The molecule has 0 amide bonds. The minimum absolute atomic E-state index is 0.232. The van der Waals surface area contributed by atoms with E-state index in [9.17, 15) is 0 Å². The second-order valence-electron chi connectivity index (χ2n) is 5.85. The first-order chi connectivity index (χ1) is 10.7. The quantitative estimate of drug-likeness (QED) is 0.867. The van der Waals surface area contributed by atoms with Crippen molar-refractivity contribution in [3.63, 3.8) is 0 Å². The first-order valence-electron chi connectivity index (χ1n) is 7.68. The maximum Gasteiger partial charge on any atom is 0.124 e. The van der Waals surface area contributed by atoms with Gasteiger partial charge in [0, 0.05) is 36.6 Å². The second kappa shape index (κ2) is 6.77. The molecule has 3 rings (SSSR count). The molecule has 1 aromatic carbocycles. The normalized spacial score (nSPS) is 18.3. The summed E-state index contributed by atoms with van der Waals surface area (Å²) in [7, 11) is 3.93. The van der Waals surface area contributed by atoms with E-state index in [0.717, 1.165) is 37.6 Å². The fraction of sp³-hybridized carbons (Fsp3) is 0.471. The van der Waals surface area contributed by atoms with Crippen molar-refractivity contribution in [3.05, 3.63) is 46.5 Å². The number of rotatable bonds is 4. The monoisotopic (exact) mass is 317 g/mol. The van der Waals surface area contributed by atoms with Crippen molar-refractivity contribution in [2.45, 2.75) is 13.0 Å². The number of hydrogen-bond donors (Lipinski definition) is 0. The van der Waals surface area contributed by atoms with Gasteiger partial charge in [-0.05, 0) is 37.6 Å². The van der Waals surface area contributed by atoms with Gasteiger partial charge in [0.1, 0.15) is 5.75 Å². The van der Waals surface area contributed by atoms with Crippen LogP contribution in [0.1, 0.15) is 22.2 Å². The molecule has 0 N–H and O–H groups in total. The summed E-state index contributed by atoms with van der Waals surface area (Å²) < 4.78 is 10.1. The highest BCUT2D eigenvalue weighted by Gasteiger charge is 2.28. The zero-order valence-electron chi connectivity index (χ0n) is 13.5. The first-order valence-corrected chi connectivity index (χ1v) is 8.45. The number of ether oxygens (including phenoxy) is 1. The Kier molecular flexibility index (Phi) is 4.76. The number of nitrogens with zero attached hydrogens (tertiary/aromatic N) is 3. The Morgan fingerprint density at radius 1 is 1.18 bits per heavy atom. The minimum Gasteiger partial charge on any atom is -0.496 e. The van der Waals surface area contributed by atoms with E-state index < -0.39 is 0 Å². The Bertz CT molecular complexity index is 620. The van der Waals surface area contributed by atoms with E-state index in [1.54, 1.807) is 18.6 Å². The van der Waals surface area contributed by atoms with Crippen LogP contribution < -0.4 is 4.74 Å². The molecule has 1 aliphatic heterocycles. The van der Waals surface area contributed by atoms with Crippen molar-refractivity contribution in [1.82, 2.24) is 14.2 Å². The molecule has 2 aromatic rings. The molecule has 0 radical (unpaired) electrons. The summed E-state index contributed by atoms with van der Waals surface area (Å²) in [6.45, 7) is 6.39. The largest absolute Gasteiger partial charge is 0.496 e. The highest BCUT2D eigenvalue weighted by atomic mass is 32.1. The van der Waals surface area contributed by atoms with E-state index in [-0.39, 0.29) is 6.04 Å². The summed E-state index contributed by atoms with van der Waals surface area (Å²) >= 11 is 1.61. The number of aromatic nitrogens is 1. The average Bonchev–Trinajstić information content (AvgIpc) is 2.96. The van der Waals surface area contributed by atoms with Crippen molar-refractivity contribution in [2.24, 2.45) is 0 Å². The lowest BCUT2D eigenvalue weighted by atomic mass is 10.0. The molecule has 1 saturated heterocycles. The molecule has 0 saturated carbocycles. The van der Waals surface area contributed by atoms with Crippen LogP contribution in [0.5, 0.6) is 5.75 Å². The van der Waals surface area contributed by atoms with E-state index in [1.807, 2.05) is 12.1 Å². The number of para-hydroxylation sites is 1. The first kappa shape index (κ1) is 15.5. The van der Waals surface area contributed by atoms with Crippen molar-refractivity contribution in [2.75, 3.05) is 40.3 Å². The van der Waals surface area contributed by atoms with Gasteiger partial charge in [-0.3, -0.25) is 4.90 Å². The smallest absolute Gasteiger partial charge is 0.124 e. The molecule has 0 spiro atoms. The Morgan fingerprint density at radius 2 is 1.91 bits per heavy atom. The third-order valence-electron chi connectivity index (χ3n) is 4.25. The molecule has 1 unspecified atom stereocenters. The Hall–Kier alpha value is -1.43. The maximum atomic E-state index is 5.61. The second-order valence-corrected chi connectivity index (χ2v) is 6.69. The molecule has 0 aliphatic carbocycles. The van der Waals surface area contributed by atoms with Gasteiger partial charge in [0.15, 0.2) is 0 Å². The predicted octanol–water partition coefficient (Wildman–Crippen LogP) is 2.80. The van der Waals surface area contributed by atoms with E-state index in [4.69, 9.17) is 4.74 Å². The molecule has 1 fully saturated rings. The van der Waals surface area contributed by atoms with Crippen LogP contribution in [0, 0.1) is 6.92 Å². The fourth-order valence-electron chi connectivity index (χ4n) is 3.01. The molecule has 22 heavy (non-hydrogen) atoms. The third kappa shape index (κ3) is 3.16. The fourth-order valence-corrected chi connectivity index (χ4v) is 3.92. The minimum atomic E-state index is 0.232. The lowest BCUT2D eigenvalue weighted by Gasteiger charge is -2.38. The summed E-state index contributed by atoms with van der Waals surface area (Å²) in [6.07, 6.45) is 0. The third-order valence-corrected chi connectivity index (χ3v) is 5.18. The molecule has 0 bridgehead atoms. The topological polar surface area (TPSA) is 28.6 Å². The summed E-state index contributed by atoms with van der Waals surface area (Å²) in [5, 5.41) is 0. The Morgan fingerprint density at radius 3 is 2.55 bits per heavy atom. The van der Waals surface area contributed by atoms with Gasteiger partial charge in [-0.15, -0.1) is 0 Å². The van der Waals surface area contributed by atoms with E-state index in [0.29, 0.717) is 0 Å². The molecule has 1 aromatic heterocycles. The van der Waals surface area contributed by atoms with Gasteiger partial charge in [0.05, 0.1) is 18.8 Å². The van der Waals surface area contributed by atoms with Gasteiger partial charge >= 0.3 is 0 Å². The summed E-state index contributed by atoms with van der Waals surface area (Å²) in [4.78, 5) is 6.23. The summed E-state index contributed by atoms with van der Waals surface area (Å²) in [5.41, 5.74) is 2.33. The summed E-state index contributed by atoms with van der Waals surface area (Å²) in [5.74, 6) is 0.956. The number of aryl methyl sites for hydroxylation is 1. The average molecular weight is 317 g/mol. The zero-order chi connectivity index (χ0) is 15.5. The van der Waals surface area contributed by atoms with Crippen molar-refractivity contribution in [1.29, 1.82) is 0 Å². The van der Waals surface area contributed by atoms with Gasteiger partial charge < -0.3 is 9.64 Å².